The summed E-state index contributed by atoms with van der Waals surface area (Å²) in [4.78, 5) is 26.4. The van der Waals surface area contributed by atoms with E-state index in [-0.39, 0.29) is 18.0 Å². The number of amides is 1. The number of hydrogen-bond donors (Lipinski definition) is 2. The maximum Gasteiger partial charge on any atom is 0.348 e. The van der Waals surface area contributed by atoms with Gasteiger partial charge in [0.05, 0.1) is 24.3 Å². The van der Waals surface area contributed by atoms with E-state index in [0.29, 0.717) is 35.9 Å². The molecule has 1 aromatic rings. The summed E-state index contributed by atoms with van der Waals surface area (Å²) in [7, 11) is 0. The van der Waals surface area contributed by atoms with Crippen molar-refractivity contribution in [2.75, 3.05) is 31.6 Å². The molecule has 2 heterocycles. The molecule has 1 saturated heterocycles. The molecule has 7 heteroatoms. The largest absolute Gasteiger partial charge is 0.462 e. The number of nitrogens with zero attached hydrogens (tertiary/aromatic N) is 1. The Morgan fingerprint density at radius 3 is 2.77 bits per heavy atom. The van der Waals surface area contributed by atoms with Crippen LogP contribution in [0, 0.1) is 6.92 Å². The molecular weight excluding hydrogens is 304 g/mol. The van der Waals surface area contributed by atoms with Crippen LogP contribution >= 0.6 is 11.3 Å². The molecule has 122 valence electrons. The Morgan fingerprint density at radius 2 is 2.14 bits per heavy atom. The van der Waals surface area contributed by atoms with Crippen LogP contribution in [0.5, 0.6) is 0 Å². The number of carbonyl (C=O) groups excluding carboxylic acids is 2. The van der Waals surface area contributed by atoms with Crippen LogP contribution in [-0.4, -0.2) is 54.2 Å². The highest BCUT2D eigenvalue weighted by Crippen LogP contribution is 2.27. The third-order valence-corrected chi connectivity index (χ3v) is 4.70. The molecule has 2 rings (SSSR count). The SMILES string of the molecule is CCOC(=O)c1sc(NC(=O)CN2CCC(O)CC2)cc1C. The number of likely N-dealkylation sites (tertiary alicyclic amines) is 1. The fourth-order valence-corrected chi connectivity index (χ4v) is 3.38. The first-order chi connectivity index (χ1) is 10.5. The van der Waals surface area contributed by atoms with Gasteiger partial charge in [-0.3, -0.25) is 9.69 Å². The molecule has 6 nitrogen and oxygen atoms in total. The quantitative estimate of drug-likeness (QED) is 0.804. The Bertz CT molecular complexity index is 536. The van der Waals surface area contributed by atoms with Crippen molar-refractivity contribution in [1.82, 2.24) is 4.90 Å². The van der Waals surface area contributed by atoms with Crippen molar-refractivity contribution < 1.29 is 19.4 Å². The molecule has 1 amide bonds. The fraction of sp³-hybridized carbons (Fsp3) is 0.600. The van der Waals surface area contributed by atoms with Crippen molar-refractivity contribution >= 4 is 28.2 Å². The normalized spacial score (nSPS) is 16.5. The predicted molar refractivity (Wildman–Crippen MR) is 85.3 cm³/mol. The summed E-state index contributed by atoms with van der Waals surface area (Å²) in [5.74, 6) is -0.455. The van der Waals surface area contributed by atoms with Gasteiger partial charge in [-0.25, -0.2) is 4.79 Å². The summed E-state index contributed by atoms with van der Waals surface area (Å²) >= 11 is 1.23. The topological polar surface area (TPSA) is 78.9 Å². The number of esters is 1. The molecule has 0 unspecified atom stereocenters. The van der Waals surface area contributed by atoms with Crippen molar-refractivity contribution in [1.29, 1.82) is 0 Å². The maximum absolute atomic E-state index is 12.1. The number of rotatable bonds is 5. The van der Waals surface area contributed by atoms with E-state index in [0.717, 1.165) is 18.7 Å². The zero-order valence-corrected chi connectivity index (χ0v) is 13.7. The lowest BCUT2D eigenvalue weighted by Gasteiger charge is -2.28. The minimum atomic E-state index is -0.351. The van der Waals surface area contributed by atoms with Gasteiger partial charge in [0.15, 0.2) is 0 Å². The molecule has 1 aliphatic rings. The van der Waals surface area contributed by atoms with Crippen molar-refractivity contribution in [3.05, 3.63) is 16.5 Å². The molecule has 0 atom stereocenters. The van der Waals surface area contributed by atoms with Gasteiger partial charge in [0, 0.05) is 13.1 Å². The number of aliphatic hydroxyl groups is 1. The van der Waals surface area contributed by atoms with Crippen molar-refractivity contribution in [2.24, 2.45) is 0 Å². The first-order valence-electron chi connectivity index (χ1n) is 7.47. The molecule has 0 aromatic carbocycles. The van der Waals surface area contributed by atoms with Crippen LogP contribution in [0.25, 0.3) is 0 Å². The summed E-state index contributed by atoms with van der Waals surface area (Å²) in [6, 6.07) is 1.79. The molecule has 2 N–H and O–H groups in total. The molecule has 0 bridgehead atoms. The highest BCUT2D eigenvalue weighted by atomic mass is 32.1. The summed E-state index contributed by atoms with van der Waals surface area (Å²) in [6.45, 7) is 5.68. The van der Waals surface area contributed by atoms with Crippen molar-refractivity contribution in [3.63, 3.8) is 0 Å². The summed E-state index contributed by atoms with van der Waals surface area (Å²) in [5, 5.41) is 12.9. The maximum atomic E-state index is 12.1. The minimum Gasteiger partial charge on any atom is -0.462 e. The lowest BCUT2D eigenvalue weighted by molar-refractivity contribution is -0.117. The first kappa shape index (κ1) is 16.9. The lowest BCUT2D eigenvalue weighted by atomic mass is 10.1. The van der Waals surface area contributed by atoms with Crippen LogP contribution < -0.4 is 5.32 Å². The van der Waals surface area contributed by atoms with Crippen molar-refractivity contribution in [3.8, 4) is 0 Å². The van der Waals surface area contributed by atoms with Gasteiger partial charge >= 0.3 is 5.97 Å². The standard InChI is InChI=1S/C15H22N2O4S/c1-3-21-15(20)14-10(2)8-13(22-14)16-12(19)9-17-6-4-11(18)5-7-17/h8,11,18H,3-7,9H2,1-2H3,(H,16,19). The number of hydrogen-bond acceptors (Lipinski definition) is 6. The average Bonchev–Trinajstić information content (AvgIpc) is 2.82. The molecule has 0 spiro atoms. The van der Waals surface area contributed by atoms with Gasteiger partial charge in [0.2, 0.25) is 5.91 Å². The monoisotopic (exact) mass is 326 g/mol. The summed E-state index contributed by atoms with van der Waals surface area (Å²) < 4.78 is 4.99. The van der Waals surface area contributed by atoms with E-state index >= 15 is 0 Å². The number of aliphatic hydroxyl groups excluding tert-OH is 1. The second-order valence-electron chi connectivity index (χ2n) is 5.40. The van der Waals surface area contributed by atoms with E-state index in [9.17, 15) is 14.7 Å². The molecule has 1 aromatic heterocycles. The van der Waals surface area contributed by atoms with Gasteiger partial charge in [0.1, 0.15) is 4.88 Å². The van der Waals surface area contributed by atoms with Gasteiger partial charge in [-0.15, -0.1) is 11.3 Å². The molecule has 0 radical (unpaired) electrons. The Morgan fingerprint density at radius 1 is 1.45 bits per heavy atom. The van der Waals surface area contributed by atoms with E-state index in [1.54, 1.807) is 13.0 Å². The smallest absolute Gasteiger partial charge is 0.348 e. The van der Waals surface area contributed by atoms with Crippen LogP contribution in [-0.2, 0) is 9.53 Å². The average molecular weight is 326 g/mol. The number of ether oxygens (including phenoxy) is 1. The fourth-order valence-electron chi connectivity index (χ4n) is 2.40. The zero-order valence-electron chi connectivity index (χ0n) is 12.9. The van der Waals surface area contributed by atoms with Crippen LogP contribution in [0.15, 0.2) is 6.07 Å². The lowest BCUT2D eigenvalue weighted by Crippen LogP contribution is -2.40. The van der Waals surface area contributed by atoms with Crippen LogP contribution in [0.4, 0.5) is 5.00 Å². The minimum absolute atomic E-state index is 0.104. The number of aryl methyl sites for hydroxylation is 1. The Hall–Kier alpha value is -1.44. The number of piperidine rings is 1. The Kier molecular flexibility index (Phi) is 5.93. The van der Waals surface area contributed by atoms with Gasteiger partial charge < -0.3 is 15.2 Å². The van der Waals surface area contributed by atoms with Gasteiger partial charge in [-0.05, 0) is 38.3 Å². The molecule has 22 heavy (non-hydrogen) atoms. The molecule has 1 aliphatic heterocycles. The van der Waals surface area contributed by atoms with Crippen LogP contribution in [0.3, 0.4) is 0 Å². The highest BCUT2D eigenvalue weighted by Gasteiger charge is 2.20. The molecule has 1 fully saturated rings. The van der Waals surface area contributed by atoms with E-state index < -0.39 is 0 Å². The van der Waals surface area contributed by atoms with Gasteiger partial charge in [-0.1, -0.05) is 0 Å². The van der Waals surface area contributed by atoms with E-state index in [4.69, 9.17) is 4.74 Å². The first-order valence-corrected chi connectivity index (χ1v) is 8.29. The number of thiophene rings is 1. The number of anilines is 1. The highest BCUT2D eigenvalue weighted by molar-refractivity contribution is 7.18. The van der Waals surface area contributed by atoms with Crippen LogP contribution in [0.1, 0.15) is 35.0 Å². The van der Waals surface area contributed by atoms with Gasteiger partial charge in [0.25, 0.3) is 0 Å². The summed E-state index contributed by atoms with van der Waals surface area (Å²) in [6.07, 6.45) is 1.17. The third-order valence-electron chi connectivity index (χ3n) is 3.57. The van der Waals surface area contributed by atoms with Gasteiger partial charge in [-0.2, -0.15) is 0 Å². The van der Waals surface area contributed by atoms with Crippen LogP contribution in [0.2, 0.25) is 0 Å². The molecular formula is C15H22N2O4S. The molecule has 0 aliphatic carbocycles. The van der Waals surface area contributed by atoms with E-state index in [2.05, 4.69) is 5.32 Å². The molecule has 0 saturated carbocycles. The third kappa shape index (κ3) is 4.53. The number of nitrogens with one attached hydrogen (secondary N) is 1. The Labute approximate surface area is 134 Å². The number of carbonyl (C=O) groups is 2. The van der Waals surface area contributed by atoms with E-state index in [1.807, 2.05) is 11.8 Å². The van der Waals surface area contributed by atoms with E-state index in [1.165, 1.54) is 11.3 Å². The Balaban J connectivity index is 1.89. The summed E-state index contributed by atoms with van der Waals surface area (Å²) in [5.41, 5.74) is 0.805. The second kappa shape index (κ2) is 7.71. The zero-order chi connectivity index (χ0) is 16.1. The van der Waals surface area contributed by atoms with Crippen molar-refractivity contribution in [2.45, 2.75) is 32.8 Å². The second-order valence-corrected chi connectivity index (χ2v) is 6.45. The predicted octanol–water partition coefficient (Wildman–Crippen LogP) is 1.63.